The van der Waals surface area contributed by atoms with Crippen molar-refractivity contribution in [2.45, 2.75) is 43.8 Å². The van der Waals surface area contributed by atoms with Gasteiger partial charge in [-0.05, 0) is 31.4 Å². The van der Waals surface area contributed by atoms with E-state index in [9.17, 15) is 39.1 Å². The zero-order chi connectivity index (χ0) is 33.6. The fourth-order valence-electron chi connectivity index (χ4n) is 5.70. The molecule has 2 aromatic heterocycles. The number of aryl methyl sites for hydroxylation is 1. The minimum atomic E-state index is -1.38. The molecule has 4 aliphatic rings. The first kappa shape index (κ1) is 35.1. The Morgan fingerprint density at radius 3 is 2.65 bits per heavy atom. The summed E-state index contributed by atoms with van der Waals surface area (Å²) in [5, 5.41) is 24.0. The van der Waals surface area contributed by atoms with Crippen LogP contribution in [0.2, 0.25) is 0 Å². The van der Waals surface area contributed by atoms with Crippen molar-refractivity contribution in [1.82, 2.24) is 29.4 Å². The van der Waals surface area contributed by atoms with Crippen molar-refractivity contribution in [3.63, 3.8) is 0 Å². The van der Waals surface area contributed by atoms with Crippen LogP contribution in [-0.2, 0) is 30.5 Å². The summed E-state index contributed by atoms with van der Waals surface area (Å²) in [6.45, 7) is 2.14. The number of β-lactam (4-membered cyclic amide) rings is 1. The third kappa shape index (κ3) is 6.59. The summed E-state index contributed by atoms with van der Waals surface area (Å²) in [4.78, 5) is 83.2. The number of ether oxygens (including phenoxy) is 1. The van der Waals surface area contributed by atoms with Gasteiger partial charge in [-0.3, -0.25) is 19.3 Å². The fraction of sp³-hybridized carbons (Fsp3) is 0.423. The molecular formula is C26H26N8NaO11S2. The van der Waals surface area contributed by atoms with Crippen molar-refractivity contribution in [3.8, 4) is 0 Å². The van der Waals surface area contributed by atoms with Crippen molar-refractivity contribution in [2.75, 3.05) is 31.1 Å². The second-order valence-corrected chi connectivity index (χ2v) is 12.6. The van der Waals surface area contributed by atoms with Gasteiger partial charge in [-0.2, -0.15) is 9.36 Å². The summed E-state index contributed by atoms with van der Waals surface area (Å²) in [6.07, 6.45) is 1.68. The Balaban J connectivity index is 0.00000451. The van der Waals surface area contributed by atoms with Gasteiger partial charge in [-0.1, -0.05) is 5.16 Å². The molecular weight excluding hydrogens is 687 g/mol. The molecule has 1 radical (unpaired) electrons. The molecule has 0 bridgehead atoms. The summed E-state index contributed by atoms with van der Waals surface area (Å²) in [5.74, 6) is -4.02. The third-order valence-corrected chi connectivity index (χ3v) is 9.83. The van der Waals surface area contributed by atoms with E-state index in [4.69, 9.17) is 19.3 Å². The van der Waals surface area contributed by atoms with Crippen LogP contribution in [0.5, 0.6) is 0 Å². The number of nitrogens with two attached hydrogens (primary N) is 1. The molecule has 19 nitrogen and oxygen atoms in total. The van der Waals surface area contributed by atoms with E-state index in [0.29, 0.717) is 31.5 Å². The van der Waals surface area contributed by atoms with E-state index >= 15 is 0 Å². The summed E-state index contributed by atoms with van der Waals surface area (Å²) in [5.41, 5.74) is 5.29. The predicted molar refractivity (Wildman–Crippen MR) is 165 cm³/mol. The largest absolute Gasteiger partial charge is 0.519 e. The van der Waals surface area contributed by atoms with Gasteiger partial charge in [0.15, 0.2) is 23.3 Å². The minimum absolute atomic E-state index is 0. The molecule has 0 saturated carbocycles. The predicted octanol–water partition coefficient (Wildman–Crippen LogP) is -0.919. The van der Waals surface area contributed by atoms with E-state index in [-0.39, 0.29) is 94.2 Å². The number of nitrogens with one attached hydrogen (secondary N) is 1. The molecule has 0 unspecified atom stereocenters. The third-order valence-electron chi connectivity index (χ3n) is 7.99. The molecule has 22 heteroatoms. The number of thioether (sulfide) groups is 1. The van der Waals surface area contributed by atoms with Crippen LogP contribution in [0, 0.1) is 6.92 Å². The first-order valence-electron chi connectivity index (χ1n) is 14.0. The minimum Gasteiger partial charge on any atom is -0.477 e. The van der Waals surface area contributed by atoms with Gasteiger partial charge in [0.2, 0.25) is 17.4 Å². The van der Waals surface area contributed by atoms with Crippen LogP contribution in [0.4, 0.5) is 9.93 Å². The maximum Gasteiger partial charge on any atom is 0.519 e. The van der Waals surface area contributed by atoms with Crippen molar-refractivity contribution in [3.05, 3.63) is 50.9 Å². The van der Waals surface area contributed by atoms with Crippen LogP contribution in [0.1, 0.15) is 30.2 Å². The van der Waals surface area contributed by atoms with E-state index < -0.39 is 46.8 Å². The molecule has 2 aromatic rings. The van der Waals surface area contributed by atoms with Gasteiger partial charge < -0.3 is 44.7 Å². The standard InChI is InChI=1S/C26H26N8O11S2.Na/c1-10-14(45-26(41)44-10)8-43-25(40)32-4-3-13(7-32)33-5-2-11(20(33)36)6-12-9-46-22-16(21(37)34(22)17(12)23(38)39)28-19(35)15(30-42)18-29-24(27)47-31-18;/h6,13,16,22,42H,2-5,7-9H2,1H3,(H,28,35)(H,38,39)(H2,27,29,31);/t13-,16-,22-;/m1./s1. The Morgan fingerprint density at radius 2 is 2.00 bits per heavy atom. The summed E-state index contributed by atoms with van der Waals surface area (Å²) < 4.78 is 18.6. The summed E-state index contributed by atoms with van der Waals surface area (Å²) >= 11 is 1.97. The van der Waals surface area contributed by atoms with Crippen LogP contribution in [0.25, 0.3) is 0 Å². The van der Waals surface area contributed by atoms with Gasteiger partial charge in [-0.15, -0.1) is 11.8 Å². The van der Waals surface area contributed by atoms with Crippen LogP contribution >= 0.6 is 23.3 Å². The smallest absolute Gasteiger partial charge is 0.477 e. The molecule has 0 aromatic carbocycles. The maximum absolute atomic E-state index is 13.4. The molecule has 3 fully saturated rings. The quantitative estimate of drug-likeness (QED) is 0.0644. The number of rotatable bonds is 8. The number of oxime groups is 1. The molecule has 6 heterocycles. The zero-order valence-electron chi connectivity index (χ0n) is 25.4. The first-order valence-corrected chi connectivity index (χ1v) is 15.8. The van der Waals surface area contributed by atoms with Crippen LogP contribution in [0.3, 0.4) is 0 Å². The van der Waals surface area contributed by atoms with Crippen molar-refractivity contribution in [2.24, 2.45) is 5.16 Å². The number of likely N-dealkylation sites (tertiary alicyclic amines) is 2. The Labute approximate surface area is 300 Å². The van der Waals surface area contributed by atoms with Crippen molar-refractivity contribution in [1.29, 1.82) is 0 Å². The van der Waals surface area contributed by atoms with Crippen molar-refractivity contribution >= 4 is 93.5 Å². The molecule has 4 aliphatic heterocycles. The van der Waals surface area contributed by atoms with Gasteiger partial charge in [0.25, 0.3) is 11.8 Å². The first-order chi connectivity index (χ1) is 22.5. The number of nitrogen functional groups attached to an aromatic ring is 1. The molecule has 4 amide bonds. The summed E-state index contributed by atoms with van der Waals surface area (Å²) in [7, 11) is 0. The average Bonchev–Trinajstić information content (AvgIpc) is 3.83. The maximum atomic E-state index is 13.4. The number of carbonyl (C=O) groups is 5. The number of nitrogens with zero attached hydrogens (tertiary/aromatic N) is 6. The number of amides is 4. The van der Waals surface area contributed by atoms with E-state index in [0.717, 1.165) is 16.4 Å². The second-order valence-electron chi connectivity index (χ2n) is 10.7. The number of carboxylic acid groups (broad SMARTS) is 1. The Bertz CT molecular complexity index is 1830. The van der Waals surface area contributed by atoms with Crippen LogP contribution in [-0.4, -0.2) is 142 Å². The number of fused-ring (bicyclic) bond motifs is 1. The Hall–Kier alpha value is -4.18. The fourth-order valence-corrected chi connectivity index (χ4v) is 7.44. The molecule has 6 rings (SSSR count). The molecule has 48 heavy (non-hydrogen) atoms. The van der Waals surface area contributed by atoms with Crippen molar-refractivity contribution < 1.29 is 47.9 Å². The number of carbonyl (C=O) groups excluding carboxylic acids is 4. The summed E-state index contributed by atoms with van der Waals surface area (Å²) in [6, 6.07) is -1.41. The number of aromatic nitrogens is 2. The van der Waals surface area contributed by atoms with Gasteiger partial charge in [0.1, 0.15) is 17.1 Å². The van der Waals surface area contributed by atoms with Crippen LogP contribution in [0.15, 0.2) is 41.7 Å². The van der Waals surface area contributed by atoms with E-state index in [1.54, 1.807) is 4.90 Å². The monoisotopic (exact) mass is 713 g/mol. The van der Waals surface area contributed by atoms with E-state index in [1.165, 1.54) is 29.7 Å². The average molecular weight is 714 g/mol. The van der Waals surface area contributed by atoms with Gasteiger partial charge in [0, 0.05) is 72.0 Å². The van der Waals surface area contributed by atoms with Gasteiger partial charge in [0.05, 0.1) is 6.04 Å². The SMILES string of the molecule is Cc1oc(=O)oc1COC(=O)N1CC[C@@H](N2CCC(=CC3=C(C(=O)O)N4C(=O)[C@@H](NC(=O)C(=NO)c5nsc(N)n5)[C@H]4SC3)C2=O)C1.[Na]. The topological polar surface area (TPSA) is 264 Å². The molecule has 5 N–H and O–H groups in total. The Morgan fingerprint density at radius 1 is 1.23 bits per heavy atom. The number of aliphatic carboxylic acids is 1. The van der Waals surface area contributed by atoms with E-state index in [2.05, 4.69) is 19.8 Å². The number of anilines is 1. The van der Waals surface area contributed by atoms with E-state index in [1.807, 2.05) is 0 Å². The molecule has 3 saturated heterocycles. The zero-order valence-corrected chi connectivity index (χ0v) is 29.0. The molecule has 3 atom stereocenters. The molecule has 0 aliphatic carbocycles. The number of hydrogen-bond donors (Lipinski definition) is 4. The van der Waals surface area contributed by atoms with Gasteiger partial charge >= 0.3 is 17.9 Å². The number of hydrogen-bond acceptors (Lipinski definition) is 16. The van der Waals surface area contributed by atoms with Crippen LogP contribution < -0.4 is 16.9 Å². The molecule has 249 valence electrons. The number of carboxylic acids is 1. The number of allylic oxidation sites excluding steroid dienone is 1. The normalized spacial score (nSPS) is 23.3. The second kappa shape index (κ2) is 14.1. The molecule has 0 spiro atoms. The Kier molecular flexibility index (Phi) is 10.3. The van der Waals surface area contributed by atoms with Gasteiger partial charge in [-0.25, -0.2) is 14.4 Å².